The highest BCUT2D eigenvalue weighted by molar-refractivity contribution is 5.98. The Morgan fingerprint density at radius 3 is 2.24 bits per heavy atom. The monoisotopic (exact) mass is 568 g/mol. The molecular weight excluding hydrogens is 536 g/mol. The first kappa shape index (κ1) is 28.4. The van der Waals surface area contributed by atoms with Crippen LogP contribution in [0.25, 0.3) is 0 Å². The van der Waals surface area contributed by atoms with Gasteiger partial charge in [-0.2, -0.15) is 0 Å². The highest BCUT2D eigenvalue weighted by Crippen LogP contribution is 2.36. The number of amides is 2. The quantitative estimate of drug-likeness (QED) is 0.259. The van der Waals surface area contributed by atoms with Gasteiger partial charge in [0.15, 0.2) is 23.0 Å². The lowest BCUT2D eigenvalue weighted by Gasteiger charge is -2.32. The molecule has 1 atom stereocenters. The number of benzene rings is 4. The number of nitrogens with zero attached hydrogens (tertiary/aromatic N) is 1. The topological polar surface area (TPSA) is 95.6 Å². The molecule has 0 fully saturated rings. The zero-order valence-electron chi connectivity index (χ0n) is 23.7. The molecule has 0 bridgehead atoms. The summed E-state index contributed by atoms with van der Waals surface area (Å²) in [6, 6.07) is 26.2. The third-order valence-corrected chi connectivity index (χ3v) is 6.95. The number of carbonyl (C=O) groups excluding carboxylic acids is 2. The fraction of sp³-hybridized carbons (Fsp3) is 0.212. The number of hydrogen-bond donors (Lipinski definition) is 1. The summed E-state index contributed by atoms with van der Waals surface area (Å²) in [5.74, 6) is 2.14. The van der Waals surface area contributed by atoms with Crippen molar-refractivity contribution in [1.82, 2.24) is 4.90 Å². The second-order valence-corrected chi connectivity index (χ2v) is 9.61. The van der Waals surface area contributed by atoms with Gasteiger partial charge < -0.3 is 33.9 Å². The van der Waals surface area contributed by atoms with Crippen LogP contribution in [0, 0.1) is 0 Å². The average Bonchev–Trinajstić information content (AvgIpc) is 3.49. The fourth-order valence-corrected chi connectivity index (χ4v) is 4.80. The summed E-state index contributed by atoms with van der Waals surface area (Å²) in [5, 5.41) is 2.98. The minimum Gasteiger partial charge on any atom is -0.497 e. The van der Waals surface area contributed by atoms with E-state index >= 15 is 0 Å². The fourth-order valence-electron chi connectivity index (χ4n) is 4.80. The van der Waals surface area contributed by atoms with E-state index in [4.69, 9.17) is 23.7 Å². The van der Waals surface area contributed by atoms with E-state index in [0.29, 0.717) is 40.0 Å². The van der Waals surface area contributed by atoms with Crippen LogP contribution >= 0.6 is 0 Å². The van der Waals surface area contributed by atoms with Gasteiger partial charge in [-0.15, -0.1) is 0 Å². The van der Waals surface area contributed by atoms with Gasteiger partial charge in [-0.05, 0) is 53.1 Å². The van der Waals surface area contributed by atoms with Crippen molar-refractivity contribution < 1.29 is 33.3 Å². The first-order valence-electron chi connectivity index (χ1n) is 13.4. The number of nitrogens with one attached hydrogen (secondary N) is 1. The molecule has 42 heavy (non-hydrogen) atoms. The van der Waals surface area contributed by atoms with Gasteiger partial charge in [0.2, 0.25) is 12.7 Å². The third-order valence-electron chi connectivity index (χ3n) is 6.95. The van der Waals surface area contributed by atoms with Crippen LogP contribution < -0.4 is 29.0 Å². The minimum absolute atomic E-state index is 0.109. The SMILES string of the molecule is COc1ccc(CN(C(=O)Cc2ccccc2)C(C(=O)Nc2ccc3c(c2)OCO3)c2ccc(OC)c(OC)c2)cc1. The lowest BCUT2D eigenvalue weighted by atomic mass is 10.0. The van der Waals surface area contributed by atoms with E-state index in [1.807, 2.05) is 54.6 Å². The molecule has 9 heteroatoms. The minimum atomic E-state index is -1.02. The van der Waals surface area contributed by atoms with Crippen molar-refractivity contribution in [2.24, 2.45) is 0 Å². The van der Waals surface area contributed by atoms with Crippen molar-refractivity contribution in [1.29, 1.82) is 0 Å². The maximum atomic E-state index is 14.2. The number of ether oxygens (including phenoxy) is 5. The smallest absolute Gasteiger partial charge is 0.251 e. The number of hydrogen-bond acceptors (Lipinski definition) is 7. The molecule has 1 heterocycles. The van der Waals surface area contributed by atoms with Crippen molar-refractivity contribution in [2.45, 2.75) is 19.0 Å². The highest BCUT2D eigenvalue weighted by atomic mass is 16.7. The van der Waals surface area contributed by atoms with Crippen LogP contribution in [0.1, 0.15) is 22.7 Å². The van der Waals surface area contributed by atoms with Crippen molar-refractivity contribution >= 4 is 17.5 Å². The Hall–Kier alpha value is -5.18. The Kier molecular flexibility index (Phi) is 8.77. The first-order chi connectivity index (χ1) is 20.5. The molecule has 1 aliphatic heterocycles. The second kappa shape index (κ2) is 13.0. The molecule has 0 radical (unpaired) electrons. The van der Waals surface area contributed by atoms with Gasteiger partial charge in [0.05, 0.1) is 27.8 Å². The van der Waals surface area contributed by atoms with Crippen molar-refractivity contribution in [3.8, 4) is 28.7 Å². The predicted molar refractivity (Wildman–Crippen MR) is 157 cm³/mol. The van der Waals surface area contributed by atoms with Gasteiger partial charge in [-0.1, -0.05) is 48.5 Å². The Bertz CT molecular complexity index is 1540. The van der Waals surface area contributed by atoms with E-state index < -0.39 is 11.9 Å². The largest absolute Gasteiger partial charge is 0.497 e. The molecule has 9 nitrogen and oxygen atoms in total. The van der Waals surface area contributed by atoms with Crippen LogP contribution in [0.4, 0.5) is 5.69 Å². The van der Waals surface area contributed by atoms with Gasteiger partial charge in [-0.25, -0.2) is 0 Å². The maximum absolute atomic E-state index is 14.2. The molecule has 1 N–H and O–H groups in total. The molecule has 0 spiro atoms. The molecule has 0 aliphatic carbocycles. The van der Waals surface area contributed by atoms with Crippen LogP contribution in [0.5, 0.6) is 28.7 Å². The second-order valence-electron chi connectivity index (χ2n) is 9.61. The van der Waals surface area contributed by atoms with Crippen LogP contribution in [-0.4, -0.2) is 44.8 Å². The molecule has 4 aromatic rings. The molecule has 1 unspecified atom stereocenters. The molecule has 216 valence electrons. The number of fused-ring (bicyclic) bond motifs is 1. The summed E-state index contributed by atoms with van der Waals surface area (Å²) in [5.41, 5.74) is 2.73. The van der Waals surface area contributed by atoms with Crippen LogP contribution in [0.3, 0.4) is 0 Å². The van der Waals surface area contributed by atoms with Gasteiger partial charge in [0, 0.05) is 18.3 Å². The Balaban J connectivity index is 1.56. The predicted octanol–water partition coefficient (Wildman–Crippen LogP) is 5.39. The van der Waals surface area contributed by atoms with Crippen LogP contribution in [0.2, 0.25) is 0 Å². The number of methoxy groups -OCH3 is 3. The lowest BCUT2D eigenvalue weighted by Crippen LogP contribution is -2.41. The maximum Gasteiger partial charge on any atom is 0.251 e. The van der Waals surface area contributed by atoms with E-state index in [-0.39, 0.29) is 25.7 Å². The summed E-state index contributed by atoms with van der Waals surface area (Å²) >= 11 is 0. The van der Waals surface area contributed by atoms with E-state index in [9.17, 15) is 9.59 Å². The van der Waals surface area contributed by atoms with E-state index in [0.717, 1.165) is 11.1 Å². The molecule has 5 rings (SSSR count). The molecule has 2 amide bonds. The zero-order valence-corrected chi connectivity index (χ0v) is 23.7. The van der Waals surface area contributed by atoms with Crippen LogP contribution in [0.15, 0.2) is 91.0 Å². The van der Waals surface area contributed by atoms with E-state index in [2.05, 4.69) is 5.32 Å². The van der Waals surface area contributed by atoms with Crippen molar-refractivity contribution in [3.63, 3.8) is 0 Å². The Morgan fingerprint density at radius 1 is 0.786 bits per heavy atom. The summed E-state index contributed by atoms with van der Waals surface area (Å²) in [4.78, 5) is 29.8. The molecule has 0 aromatic heterocycles. The third kappa shape index (κ3) is 6.41. The van der Waals surface area contributed by atoms with Gasteiger partial charge in [0.25, 0.3) is 5.91 Å². The van der Waals surface area contributed by atoms with Gasteiger partial charge in [-0.3, -0.25) is 9.59 Å². The van der Waals surface area contributed by atoms with Gasteiger partial charge in [0.1, 0.15) is 11.8 Å². The lowest BCUT2D eigenvalue weighted by molar-refractivity contribution is -0.139. The highest BCUT2D eigenvalue weighted by Gasteiger charge is 2.33. The number of anilines is 1. The molecule has 0 saturated heterocycles. The van der Waals surface area contributed by atoms with Crippen molar-refractivity contribution in [2.75, 3.05) is 33.4 Å². The normalized spacial score (nSPS) is 12.3. The first-order valence-corrected chi connectivity index (χ1v) is 13.4. The zero-order chi connectivity index (χ0) is 29.5. The Labute approximate surface area is 244 Å². The molecule has 0 saturated carbocycles. The van der Waals surface area contributed by atoms with Gasteiger partial charge >= 0.3 is 0 Å². The average molecular weight is 569 g/mol. The van der Waals surface area contributed by atoms with E-state index in [1.165, 1.54) is 7.11 Å². The Morgan fingerprint density at radius 2 is 1.52 bits per heavy atom. The van der Waals surface area contributed by atoms with E-state index in [1.54, 1.807) is 55.5 Å². The number of rotatable bonds is 11. The standard InChI is InChI=1S/C33H32N2O7/c1-38-26-13-9-23(10-14-26)20-35(31(36)17-22-7-5-4-6-8-22)32(24-11-15-27(39-2)29(18-24)40-3)33(37)34-25-12-16-28-30(19-25)42-21-41-28/h4-16,18-19,32H,17,20-21H2,1-3H3,(H,34,37). The molecular formula is C33H32N2O7. The molecule has 1 aliphatic rings. The van der Waals surface area contributed by atoms with Crippen LogP contribution in [-0.2, 0) is 22.6 Å². The molecule has 4 aromatic carbocycles. The summed E-state index contributed by atoms with van der Waals surface area (Å²) in [7, 11) is 4.66. The summed E-state index contributed by atoms with van der Waals surface area (Å²) in [6.07, 6.45) is 0.109. The summed E-state index contributed by atoms with van der Waals surface area (Å²) < 4.78 is 27.2. The van der Waals surface area contributed by atoms with Crippen molar-refractivity contribution in [3.05, 3.63) is 108 Å². The number of carbonyl (C=O) groups is 2. The summed E-state index contributed by atoms with van der Waals surface area (Å²) in [6.45, 7) is 0.286.